The highest BCUT2D eigenvalue weighted by molar-refractivity contribution is 7.91. The van der Waals surface area contributed by atoms with Crippen LogP contribution in [0.2, 0.25) is 0 Å². The van der Waals surface area contributed by atoms with Crippen molar-refractivity contribution in [3.8, 4) is 0 Å². The summed E-state index contributed by atoms with van der Waals surface area (Å²) in [5.74, 6) is -1.31. The molecule has 7 heteroatoms. The lowest BCUT2D eigenvalue weighted by atomic mass is 9.79. The number of carboxylic acids is 1. The van der Waals surface area contributed by atoms with Crippen LogP contribution in [0.1, 0.15) is 40.0 Å². The van der Waals surface area contributed by atoms with E-state index in [1.54, 1.807) is 20.8 Å². The fourth-order valence-corrected chi connectivity index (χ4v) is 4.19. The average molecular weight is 305 g/mol. The molecule has 0 aromatic heterocycles. The average Bonchev–Trinajstić information content (AvgIpc) is 2.34. The Bertz CT molecular complexity index is 481. The predicted molar refractivity (Wildman–Crippen MR) is 75.1 cm³/mol. The molecule has 0 bridgehead atoms. The normalized spacial score (nSPS) is 22.6. The van der Waals surface area contributed by atoms with E-state index in [0.29, 0.717) is 12.8 Å². The molecule has 1 aliphatic rings. The van der Waals surface area contributed by atoms with Crippen LogP contribution in [0.3, 0.4) is 0 Å². The summed E-state index contributed by atoms with van der Waals surface area (Å²) in [7, 11) is -3.08. The summed E-state index contributed by atoms with van der Waals surface area (Å²) in [6, 6.07) is -0.388. The molecule has 0 aromatic rings. The molecule has 6 nitrogen and oxygen atoms in total. The number of amides is 1. The first-order valence-electron chi connectivity index (χ1n) is 6.90. The molecule has 1 saturated heterocycles. The van der Waals surface area contributed by atoms with Crippen LogP contribution in [0.4, 0.5) is 0 Å². The van der Waals surface area contributed by atoms with Crippen molar-refractivity contribution in [1.29, 1.82) is 0 Å². The van der Waals surface area contributed by atoms with Gasteiger partial charge in [-0.3, -0.25) is 9.59 Å². The Kier molecular flexibility index (Phi) is 5.18. The Morgan fingerprint density at radius 1 is 1.30 bits per heavy atom. The zero-order chi connectivity index (χ0) is 15.6. The predicted octanol–water partition coefficient (Wildman–Crippen LogP) is 0.913. The summed E-state index contributed by atoms with van der Waals surface area (Å²) < 4.78 is 23.0. The molecule has 20 heavy (non-hydrogen) atoms. The Hall–Kier alpha value is -1.11. The van der Waals surface area contributed by atoms with Crippen LogP contribution in [0.5, 0.6) is 0 Å². The van der Waals surface area contributed by atoms with Crippen molar-refractivity contribution in [1.82, 2.24) is 4.90 Å². The minimum absolute atomic E-state index is 0.0403. The van der Waals surface area contributed by atoms with Gasteiger partial charge in [0.1, 0.15) is 0 Å². The van der Waals surface area contributed by atoms with E-state index in [-0.39, 0.29) is 36.4 Å². The maximum atomic E-state index is 12.3. The van der Waals surface area contributed by atoms with Crippen molar-refractivity contribution in [3.63, 3.8) is 0 Å². The van der Waals surface area contributed by atoms with Gasteiger partial charge in [0.2, 0.25) is 5.91 Å². The number of hydrogen-bond donors (Lipinski definition) is 1. The summed E-state index contributed by atoms with van der Waals surface area (Å²) in [5.41, 5.74) is -1.05. The number of carboxylic acid groups (broad SMARTS) is 1. The van der Waals surface area contributed by atoms with E-state index in [4.69, 9.17) is 0 Å². The third-order valence-corrected chi connectivity index (χ3v) is 6.08. The van der Waals surface area contributed by atoms with Gasteiger partial charge in [-0.05, 0) is 19.8 Å². The second kappa shape index (κ2) is 6.11. The van der Waals surface area contributed by atoms with Crippen LogP contribution in [-0.4, -0.2) is 54.4 Å². The molecule has 1 N–H and O–H groups in total. The highest BCUT2D eigenvalue weighted by atomic mass is 32.2. The maximum absolute atomic E-state index is 12.3. The third-order valence-electron chi connectivity index (χ3n) is 4.29. The van der Waals surface area contributed by atoms with Crippen LogP contribution in [-0.2, 0) is 19.4 Å². The first-order chi connectivity index (χ1) is 9.17. The number of sulfone groups is 1. The van der Waals surface area contributed by atoms with Crippen molar-refractivity contribution in [2.75, 3.05) is 18.1 Å². The fourth-order valence-electron chi connectivity index (χ4n) is 2.64. The van der Waals surface area contributed by atoms with E-state index in [1.165, 1.54) is 4.90 Å². The lowest BCUT2D eigenvalue weighted by Crippen LogP contribution is -2.51. The molecule has 1 amide bonds. The highest BCUT2D eigenvalue weighted by Gasteiger charge is 2.40. The summed E-state index contributed by atoms with van der Waals surface area (Å²) in [4.78, 5) is 25.2. The van der Waals surface area contributed by atoms with Crippen LogP contribution < -0.4 is 0 Å². The highest BCUT2D eigenvalue weighted by Crippen LogP contribution is 2.32. The first-order valence-corrected chi connectivity index (χ1v) is 8.73. The molecule has 1 unspecified atom stereocenters. The maximum Gasteiger partial charge on any atom is 0.310 e. The van der Waals surface area contributed by atoms with Gasteiger partial charge in [-0.25, -0.2) is 8.42 Å². The topological polar surface area (TPSA) is 91.8 Å². The Morgan fingerprint density at radius 2 is 1.85 bits per heavy atom. The minimum Gasteiger partial charge on any atom is -0.481 e. The molecule has 0 spiro atoms. The molecule has 1 heterocycles. The quantitative estimate of drug-likeness (QED) is 0.815. The van der Waals surface area contributed by atoms with Crippen LogP contribution >= 0.6 is 0 Å². The molecule has 0 saturated carbocycles. The largest absolute Gasteiger partial charge is 0.481 e. The van der Waals surface area contributed by atoms with Crippen molar-refractivity contribution in [3.05, 3.63) is 0 Å². The molecule has 1 rings (SSSR count). The van der Waals surface area contributed by atoms with E-state index in [0.717, 1.165) is 0 Å². The van der Waals surface area contributed by atoms with Gasteiger partial charge < -0.3 is 10.0 Å². The van der Waals surface area contributed by atoms with Gasteiger partial charge in [0, 0.05) is 19.0 Å². The van der Waals surface area contributed by atoms with Gasteiger partial charge in [-0.1, -0.05) is 13.8 Å². The fraction of sp³-hybridized carbons (Fsp3) is 0.846. The number of hydrogen-bond acceptors (Lipinski definition) is 4. The van der Waals surface area contributed by atoms with E-state index < -0.39 is 21.2 Å². The van der Waals surface area contributed by atoms with E-state index in [2.05, 4.69) is 0 Å². The Balaban J connectivity index is 2.83. The lowest BCUT2D eigenvalue weighted by Gasteiger charge is -2.36. The number of aliphatic carboxylic acids is 1. The van der Waals surface area contributed by atoms with Gasteiger partial charge in [-0.15, -0.1) is 0 Å². The van der Waals surface area contributed by atoms with Gasteiger partial charge in [0.05, 0.1) is 16.9 Å². The zero-order valence-corrected chi connectivity index (χ0v) is 13.1. The van der Waals surface area contributed by atoms with Crippen molar-refractivity contribution in [2.45, 2.75) is 46.1 Å². The number of carbonyl (C=O) groups excluding carboxylic acids is 1. The molecular weight excluding hydrogens is 282 g/mol. The van der Waals surface area contributed by atoms with E-state index >= 15 is 0 Å². The van der Waals surface area contributed by atoms with Gasteiger partial charge >= 0.3 is 5.97 Å². The molecular formula is C13H23NO5S. The summed E-state index contributed by atoms with van der Waals surface area (Å²) in [5, 5.41) is 9.35. The molecule has 0 aromatic carbocycles. The third kappa shape index (κ3) is 3.50. The van der Waals surface area contributed by atoms with Gasteiger partial charge in [0.15, 0.2) is 9.84 Å². The molecule has 1 aliphatic heterocycles. The van der Waals surface area contributed by atoms with Crippen molar-refractivity contribution >= 4 is 21.7 Å². The van der Waals surface area contributed by atoms with E-state index in [9.17, 15) is 23.1 Å². The van der Waals surface area contributed by atoms with Crippen molar-refractivity contribution in [2.24, 2.45) is 5.41 Å². The van der Waals surface area contributed by atoms with Crippen LogP contribution in [0.25, 0.3) is 0 Å². The molecule has 1 atom stereocenters. The SMILES string of the molecule is CCC(CC)(CC(=O)N1CCS(=O)(=O)CC1C)C(=O)O. The molecule has 116 valence electrons. The van der Waals surface area contributed by atoms with Gasteiger partial charge in [0.25, 0.3) is 0 Å². The lowest BCUT2D eigenvalue weighted by molar-refractivity contribution is -0.154. The number of rotatable bonds is 5. The van der Waals surface area contributed by atoms with E-state index in [1.807, 2.05) is 0 Å². The molecule has 0 aliphatic carbocycles. The summed E-state index contributed by atoms with van der Waals surface area (Å²) in [6.45, 7) is 5.37. The minimum atomic E-state index is -3.08. The Morgan fingerprint density at radius 3 is 2.25 bits per heavy atom. The molecule has 1 fully saturated rings. The smallest absolute Gasteiger partial charge is 0.310 e. The summed E-state index contributed by atoms with van der Waals surface area (Å²) >= 11 is 0. The number of carbonyl (C=O) groups is 2. The first kappa shape index (κ1) is 16.9. The Labute approximate surface area is 120 Å². The zero-order valence-electron chi connectivity index (χ0n) is 12.3. The van der Waals surface area contributed by atoms with Crippen molar-refractivity contribution < 1.29 is 23.1 Å². The number of nitrogens with zero attached hydrogens (tertiary/aromatic N) is 1. The monoisotopic (exact) mass is 305 g/mol. The van der Waals surface area contributed by atoms with Crippen LogP contribution in [0, 0.1) is 5.41 Å². The van der Waals surface area contributed by atoms with Gasteiger partial charge in [-0.2, -0.15) is 0 Å². The standard InChI is InChI=1S/C13H23NO5S/c1-4-13(5-2,12(16)17)8-11(15)14-6-7-20(18,19)9-10(14)3/h10H,4-9H2,1-3H3,(H,16,17). The second-order valence-corrected chi connectivity index (χ2v) is 7.75. The second-order valence-electron chi connectivity index (χ2n) is 5.52. The molecule has 0 radical (unpaired) electrons. The van der Waals surface area contributed by atoms with Crippen LogP contribution in [0.15, 0.2) is 0 Å². The summed E-state index contributed by atoms with van der Waals surface area (Å²) in [6.07, 6.45) is 0.690.